The van der Waals surface area contributed by atoms with Gasteiger partial charge < -0.3 is 4.42 Å². The highest BCUT2D eigenvalue weighted by Crippen LogP contribution is 2.17. The number of para-hydroxylation sites is 1. The minimum atomic E-state index is 0.868. The van der Waals surface area contributed by atoms with Gasteiger partial charge in [0.15, 0.2) is 6.20 Å². The van der Waals surface area contributed by atoms with Gasteiger partial charge in [-0.15, -0.1) is 0 Å². The van der Waals surface area contributed by atoms with Crippen LogP contribution >= 0.6 is 0 Å². The lowest BCUT2D eigenvalue weighted by Gasteiger charge is -2.00. The van der Waals surface area contributed by atoms with Gasteiger partial charge in [-0.3, -0.25) is 0 Å². The van der Waals surface area contributed by atoms with Crippen LogP contribution in [0.5, 0.6) is 0 Å². The monoisotopic (exact) mass is 236 g/mol. The maximum absolute atomic E-state index is 5.30. The van der Waals surface area contributed by atoms with Gasteiger partial charge in [-0.05, 0) is 29.8 Å². The maximum Gasteiger partial charge on any atom is 0.212 e. The molecule has 0 aliphatic heterocycles. The largest absolute Gasteiger partial charge is 0.465 e. The molecule has 0 fully saturated rings. The Bertz CT molecular complexity index is 696. The molecular weight excluding hydrogens is 222 g/mol. The molecule has 0 bridgehead atoms. The highest BCUT2D eigenvalue weighted by atomic mass is 16.3. The number of hydrogen-bond acceptors (Lipinski definition) is 1. The number of aryl methyl sites for hydroxylation is 1. The lowest BCUT2D eigenvalue weighted by Crippen LogP contribution is -2.28. The van der Waals surface area contributed by atoms with E-state index in [-0.39, 0.29) is 0 Å². The molecule has 0 radical (unpaired) electrons. The molecule has 0 aliphatic carbocycles. The molecule has 3 aromatic rings. The van der Waals surface area contributed by atoms with Crippen LogP contribution in [0.25, 0.3) is 23.1 Å². The zero-order valence-corrected chi connectivity index (χ0v) is 10.2. The van der Waals surface area contributed by atoms with E-state index in [0.717, 1.165) is 5.76 Å². The Balaban J connectivity index is 2.10. The highest BCUT2D eigenvalue weighted by Gasteiger charge is 2.06. The van der Waals surface area contributed by atoms with Crippen molar-refractivity contribution in [3.05, 3.63) is 66.2 Å². The normalized spacial score (nSPS) is 11.4. The van der Waals surface area contributed by atoms with E-state index in [9.17, 15) is 0 Å². The van der Waals surface area contributed by atoms with Crippen LogP contribution in [0.15, 0.2) is 59.3 Å². The van der Waals surface area contributed by atoms with E-state index in [1.165, 1.54) is 16.5 Å². The topological polar surface area (TPSA) is 17.0 Å². The molecule has 3 rings (SSSR count). The summed E-state index contributed by atoms with van der Waals surface area (Å²) in [6.07, 6.45) is 7.83. The molecule has 1 aromatic carbocycles. The Labute approximate surface area is 106 Å². The molecule has 0 saturated heterocycles. The molecule has 2 heterocycles. The second-order valence-electron chi connectivity index (χ2n) is 4.25. The van der Waals surface area contributed by atoms with Crippen LogP contribution in [0, 0.1) is 0 Å². The molecule has 18 heavy (non-hydrogen) atoms. The number of benzene rings is 1. The second kappa shape index (κ2) is 4.49. The van der Waals surface area contributed by atoms with Crippen LogP contribution in [0.1, 0.15) is 11.3 Å². The minimum absolute atomic E-state index is 0.868. The predicted octanol–water partition coefficient (Wildman–Crippen LogP) is 3.43. The van der Waals surface area contributed by atoms with Crippen molar-refractivity contribution in [3.63, 3.8) is 0 Å². The average molecular weight is 236 g/mol. The zero-order valence-electron chi connectivity index (χ0n) is 10.2. The van der Waals surface area contributed by atoms with Crippen molar-refractivity contribution in [1.29, 1.82) is 0 Å². The van der Waals surface area contributed by atoms with Gasteiger partial charge in [0.05, 0.1) is 11.6 Å². The molecule has 0 unspecified atom stereocenters. The van der Waals surface area contributed by atoms with E-state index in [1.807, 2.05) is 18.2 Å². The number of rotatable bonds is 2. The van der Waals surface area contributed by atoms with Gasteiger partial charge in [-0.2, -0.15) is 0 Å². The van der Waals surface area contributed by atoms with Crippen LogP contribution in [0.2, 0.25) is 0 Å². The quantitative estimate of drug-likeness (QED) is 0.623. The number of aromatic nitrogens is 1. The maximum atomic E-state index is 5.30. The van der Waals surface area contributed by atoms with Gasteiger partial charge in [0.25, 0.3) is 0 Å². The summed E-state index contributed by atoms with van der Waals surface area (Å²) in [5.74, 6) is 0.868. The first-order valence-corrected chi connectivity index (χ1v) is 5.93. The third kappa shape index (κ3) is 1.93. The number of pyridine rings is 1. The van der Waals surface area contributed by atoms with Crippen molar-refractivity contribution < 1.29 is 8.98 Å². The zero-order chi connectivity index (χ0) is 12.4. The van der Waals surface area contributed by atoms with Crippen LogP contribution in [-0.4, -0.2) is 0 Å². The first kappa shape index (κ1) is 10.8. The molecule has 2 aromatic heterocycles. The molecular formula is C16H14NO+. The molecule has 88 valence electrons. The predicted molar refractivity (Wildman–Crippen MR) is 72.8 cm³/mol. The Morgan fingerprint density at radius 2 is 1.89 bits per heavy atom. The van der Waals surface area contributed by atoms with Gasteiger partial charge in [0, 0.05) is 12.1 Å². The summed E-state index contributed by atoms with van der Waals surface area (Å²) in [7, 11) is 2.06. The molecule has 2 heteroatoms. The van der Waals surface area contributed by atoms with E-state index in [0.29, 0.717) is 0 Å². The molecule has 2 nitrogen and oxygen atoms in total. The summed E-state index contributed by atoms with van der Waals surface area (Å²) in [5, 5.41) is 1.24. The van der Waals surface area contributed by atoms with Crippen molar-refractivity contribution in [2.45, 2.75) is 0 Å². The molecule has 0 N–H and O–H groups in total. The van der Waals surface area contributed by atoms with Crippen LogP contribution < -0.4 is 4.57 Å². The molecule has 0 atom stereocenters. The van der Waals surface area contributed by atoms with E-state index in [1.54, 1.807) is 6.26 Å². The Morgan fingerprint density at radius 1 is 1.00 bits per heavy atom. The second-order valence-corrected chi connectivity index (χ2v) is 4.25. The summed E-state index contributed by atoms with van der Waals surface area (Å²) >= 11 is 0. The first-order valence-electron chi connectivity index (χ1n) is 5.93. The van der Waals surface area contributed by atoms with Gasteiger partial charge in [0.1, 0.15) is 12.8 Å². The fourth-order valence-corrected chi connectivity index (χ4v) is 2.09. The number of nitrogens with zero attached hydrogens (tertiary/aromatic N) is 1. The molecule has 0 aliphatic rings. The van der Waals surface area contributed by atoms with Crippen LogP contribution in [0.4, 0.5) is 0 Å². The number of furan rings is 1. The Hall–Kier alpha value is -2.35. The summed E-state index contributed by atoms with van der Waals surface area (Å²) in [4.78, 5) is 0. The molecule has 0 saturated carbocycles. The minimum Gasteiger partial charge on any atom is -0.465 e. The fraction of sp³-hybridized carbons (Fsp3) is 0.0625. The van der Waals surface area contributed by atoms with Crippen LogP contribution in [0.3, 0.4) is 0 Å². The van der Waals surface area contributed by atoms with Gasteiger partial charge in [0.2, 0.25) is 5.52 Å². The highest BCUT2D eigenvalue weighted by molar-refractivity contribution is 5.88. The number of hydrogen-bond donors (Lipinski definition) is 0. The lowest BCUT2D eigenvalue weighted by atomic mass is 10.1. The summed E-state index contributed by atoms with van der Waals surface area (Å²) in [5.41, 5.74) is 2.42. The van der Waals surface area contributed by atoms with Gasteiger partial charge in [-0.1, -0.05) is 18.2 Å². The third-order valence-corrected chi connectivity index (χ3v) is 3.04. The van der Waals surface area contributed by atoms with E-state index in [2.05, 4.69) is 54.2 Å². The number of fused-ring (bicyclic) bond motifs is 1. The third-order valence-electron chi connectivity index (χ3n) is 3.04. The van der Waals surface area contributed by atoms with E-state index < -0.39 is 0 Å². The molecule has 0 amide bonds. The standard InChI is InChI=1S/C16H14NO/c1-17-11-10-13(8-9-14-5-4-12-18-14)15-6-2-3-7-16(15)17/h2-12H,1H3/q+1. The summed E-state index contributed by atoms with van der Waals surface area (Å²) < 4.78 is 7.42. The van der Waals surface area contributed by atoms with Crippen molar-refractivity contribution >= 4 is 23.1 Å². The molecule has 0 spiro atoms. The average Bonchev–Trinajstić information content (AvgIpc) is 2.92. The van der Waals surface area contributed by atoms with Gasteiger partial charge in [-0.25, -0.2) is 4.57 Å². The Kier molecular flexibility index (Phi) is 2.69. The van der Waals surface area contributed by atoms with Crippen LogP contribution in [-0.2, 0) is 7.05 Å². The first-order chi connectivity index (χ1) is 8.84. The van der Waals surface area contributed by atoms with E-state index >= 15 is 0 Å². The van der Waals surface area contributed by atoms with Crippen molar-refractivity contribution in [2.24, 2.45) is 7.05 Å². The van der Waals surface area contributed by atoms with Gasteiger partial charge >= 0.3 is 0 Å². The summed E-state index contributed by atoms with van der Waals surface area (Å²) in [6, 6.07) is 14.3. The lowest BCUT2D eigenvalue weighted by molar-refractivity contribution is -0.644. The SMILES string of the molecule is C[n+]1ccc(C=Cc2ccco2)c2ccccc21. The summed E-state index contributed by atoms with van der Waals surface area (Å²) in [6.45, 7) is 0. The Morgan fingerprint density at radius 3 is 2.72 bits per heavy atom. The van der Waals surface area contributed by atoms with Crippen molar-refractivity contribution in [1.82, 2.24) is 0 Å². The van der Waals surface area contributed by atoms with Crippen molar-refractivity contribution in [3.8, 4) is 0 Å². The fourth-order valence-electron chi connectivity index (χ4n) is 2.09. The smallest absolute Gasteiger partial charge is 0.212 e. The van der Waals surface area contributed by atoms with E-state index in [4.69, 9.17) is 4.42 Å². The van der Waals surface area contributed by atoms with Crippen molar-refractivity contribution in [2.75, 3.05) is 0 Å².